The Labute approximate surface area is 168 Å². The number of aromatic nitrogens is 2. The van der Waals surface area contributed by atoms with Crippen LogP contribution >= 0.6 is 11.3 Å². The van der Waals surface area contributed by atoms with Crippen LogP contribution < -0.4 is 5.32 Å². The molecule has 5 heteroatoms. The number of fused-ring (bicyclic) bond motifs is 3. The van der Waals surface area contributed by atoms with Crippen molar-refractivity contribution in [3.05, 3.63) is 82.4 Å². The van der Waals surface area contributed by atoms with Crippen LogP contribution in [0.1, 0.15) is 48.2 Å². The largest absolute Gasteiger partial charge is 0.356 e. The third kappa shape index (κ3) is 3.16. The number of amides is 1. The molecule has 0 aliphatic heterocycles. The van der Waals surface area contributed by atoms with E-state index in [4.69, 9.17) is 0 Å². The van der Waals surface area contributed by atoms with E-state index in [0.717, 1.165) is 24.8 Å². The van der Waals surface area contributed by atoms with Gasteiger partial charge in [0.1, 0.15) is 0 Å². The Morgan fingerprint density at radius 1 is 1.21 bits per heavy atom. The second kappa shape index (κ2) is 7.32. The third-order valence-electron chi connectivity index (χ3n) is 5.74. The standard InChI is InChI=1S/C23H23N3OS/c27-22(14-21(16-10-13-28-15-16)26-11-3-4-12-26)24-20-9-5-7-18-17-6-1-2-8-19(17)25-23(18)20/h1-4,6,8,10-13,15,20-21,25H,5,7,9,14H2,(H,24,27)/t20-,21+/m0/s1. The van der Waals surface area contributed by atoms with Crippen LogP contribution in [0.3, 0.4) is 0 Å². The number of carbonyl (C=O) groups excluding carboxylic acids is 1. The lowest BCUT2D eigenvalue weighted by Crippen LogP contribution is -2.32. The van der Waals surface area contributed by atoms with E-state index in [1.807, 2.05) is 24.5 Å². The predicted octanol–water partition coefficient (Wildman–Crippen LogP) is 5.20. The Hall–Kier alpha value is -2.79. The molecule has 0 fully saturated rings. The molecular weight excluding hydrogens is 366 g/mol. The fourth-order valence-corrected chi connectivity index (χ4v) is 5.11. The lowest BCUT2D eigenvalue weighted by Gasteiger charge is -2.25. The first kappa shape index (κ1) is 17.3. The van der Waals surface area contributed by atoms with E-state index in [1.54, 1.807) is 11.3 Å². The summed E-state index contributed by atoms with van der Waals surface area (Å²) in [5.41, 5.74) is 4.91. The maximum Gasteiger partial charge on any atom is 0.222 e. The second-order valence-corrected chi connectivity index (χ2v) is 8.26. The van der Waals surface area contributed by atoms with Crippen LogP contribution in [0.2, 0.25) is 0 Å². The van der Waals surface area contributed by atoms with Gasteiger partial charge >= 0.3 is 0 Å². The van der Waals surface area contributed by atoms with E-state index < -0.39 is 0 Å². The fourth-order valence-electron chi connectivity index (χ4n) is 4.40. The van der Waals surface area contributed by atoms with Crippen molar-refractivity contribution in [2.24, 2.45) is 0 Å². The molecule has 142 valence electrons. The number of aromatic amines is 1. The molecule has 0 spiro atoms. The molecule has 0 saturated carbocycles. The normalized spacial score (nSPS) is 17.4. The average Bonchev–Trinajstić information content (AvgIpc) is 3.47. The summed E-state index contributed by atoms with van der Waals surface area (Å²) in [7, 11) is 0. The number of nitrogens with zero attached hydrogens (tertiary/aromatic N) is 1. The Morgan fingerprint density at radius 3 is 2.89 bits per heavy atom. The molecule has 1 amide bonds. The zero-order valence-corrected chi connectivity index (χ0v) is 16.4. The Morgan fingerprint density at radius 2 is 2.07 bits per heavy atom. The van der Waals surface area contributed by atoms with E-state index >= 15 is 0 Å². The van der Waals surface area contributed by atoms with Crippen LogP contribution in [0.5, 0.6) is 0 Å². The second-order valence-electron chi connectivity index (χ2n) is 7.48. The van der Waals surface area contributed by atoms with Crippen molar-refractivity contribution in [1.29, 1.82) is 0 Å². The van der Waals surface area contributed by atoms with Gasteiger partial charge in [0.25, 0.3) is 0 Å². The van der Waals surface area contributed by atoms with E-state index in [1.165, 1.54) is 22.2 Å². The van der Waals surface area contributed by atoms with Gasteiger partial charge in [-0.1, -0.05) is 18.2 Å². The number of H-pyrrole nitrogens is 1. The minimum Gasteiger partial charge on any atom is -0.356 e. The summed E-state index contributed by atoms with van der Waals surface area (Å²) in [5, 5.41) is 8.81. The maximum absolute atomic E-state index is 13.0. The Kier molecular flexibility index (Phi) is 4.53. The molecular formula is C23H23N3OS. The SMILES string of the molecule is O=C(C[C@H](c1ccsc1)n1cccc1)N[C@H]1CCCc2c1[nH]c1ccccc21. The molecule has 4 nitrogen and oxygen atoms in total. The van der Waals surface area contributed by atoms with Crippen LogP contribution in [0.25, 0.3) is 10.9 Å². The van der Waals surface area contributed by atoms with Gasteiger partial charge in [-0.25, -0.2) is 0 Å². The molecule has 0 saturated heterocycles. The van der Waals surface area contributed by atoms with Gasteiger partial charge in [0.2, 0.25) is 5.91 Å². The number of hydrogen-bond donors (Lipinski definition) is 2. The number of hydrogen-bond acceptors (Lipinski definition) is 2. The van der Waals surface area contributed by atoms with Gasteiger partial charge in [-0.15, -0.1) is 0 Å². The highest BCUT2D eigenvalue weighted by atomic mass is 32.1. The number of aryl methyl sites for hydroxylation is 1. The van der Waals surface area contributed by atoms with Gasteiger partial charge in [-0.2, -0.15) is 11.3 Å². The monoisotopic (exact) mass is 389 g/mol. The number of nitrogens with one attached hydrogen (secondary N) is 2. The fraction of sp³-hybridized carbons (Fsp3) is 0.261. The summed E-state index contributed by atoms with van der Waals surface area (Å²) >= 11 is 1.67. The summed E-state index contributed by atoms with van der Waals surface area (Å²) in [6, 6.07) is 14.7. The summed E-state index contributed by atoms with van der Waals surface area (Å²) < 4.78 is 2.12. The minimum atomic E-state index is 0.0343. The van der Waals surface area contributed by atoms with Crippen molar-refractivity contribution < 1.29 is 4.79 Å². The third-order valence-corrected chi connectivity index (χ3v) is 6.45. The van der Waals surface area contributed by atoms with Gasteiger partial charge in [-0.3, -0.25) is 4.79 Å². The van der Waals surface area contributed by atoms with Gasteiger partial charge in [0.05, 0.1) is 18.5 Å². The first-order valence-electron chi connectivity index (χ1n) is 9.83. The van der Waals surface area contributed by atoms with E-state index in [0.29, 0.717) is 6.42 Å². The zero-order chi connectivity index (χ0) is 18.9. The topological polar surface area (TPSA) is 49.8 Å². The Bertz CT molecular complexity index is 1040. The highest BCUT2D eigenvalue weighted by molar-refractivity contribution is 7.08. The molecule has 2 atom stereocenters. The first-order chi connectivity index (χ1) is 13.8. The summed E-state index contributed by atoms with van der Waals surface area (Å²) in [4.78, 5) is 16.6. The molecule has 1 aromatic carbocycles. The summed E-state index contributed by atoms with van der Waals surface area (Å²) in [6.45, 7) is 0. The molecule has 28 heavy (non-hydrogen) atoms. The molecule has 0 bridgehead atoms. The van der Waals surface area contributed by atoms with Crippen molar-refractivity contribution >= 4 is 28.1 Å². The van der Waals surface area contributed by atoms with Gasteiger partial charge in [0.15, 0.2) is 0 Å². The molecule has 0 radical (unpaired) electrons. The highest BCUT2D eigenvalue weighted by Gasteiger charge is 2.26. The van der Waals surface area contributed by atoms with Crippen LogP contribution in [0.4, 0.5) is 0 Å². The van der Waals surface area contributed by atoms with Gasteiger partial charge < -0.3 is 14.9 Å². The minimum absolute atomic E-state index is 0.0343. The molecule has 1 aliphatic rings. The number of rotatable bonds is 5. The van der Waals surface area contributed by atoms with Crippen molar-refractivity contribution in [3.63, 3.8) is 0 Å². The highest BCUT2D eigenvalue weighted by Crippen LogP contribution is 2.35. The van der Waals surface area contributed by atoms with Crippen LogP contribution in [-0.2, 0) is 11.2 Å². The quantitative estimate of drug-likeness (QED) is 0.484. The maximum atomic E-state index is 13.0. The first-order valence-corrected chi connectivity index (χ1v) is 10.8. The van der Waals surface area contributed by atoms with Crippen molar-refractivity contribution in [2.75, 3.05) is 0 Å². The van der Waals surface area contributed by atoms with Crippen LogP contribution in [-0.4, -0.2) is 15.5 Å². The number of para-hydroxylation sites is 1. The predicted molar refractivity (Wildman–Crippen MR) is 114 cm³/mol. The van der Waals surface area contributed by atoms with Gasteiger partial charge in [0, 0.05) is 29.0 Å². The van der Waals surface area contributed by atoms with Crippen LogP contribution in [0.15, 0.2) is 65.6 Å². The lowest BCUT2D eigenvalue weighted by molar-refractivity contribution is -0.122. The zero-order valence-electron chi connectivity index (χ0n) is 15.6. The number of benzene rings is 1. The summed E-state index contributed by atoms with van der Waals surface area (Å²) in [5.74, 6) is 0.0985. The molecule has 3 heterocycles. The van der Waals surface area contributed by atoms with E-state index in [-0.39, 0.29) is 18.0 Å². The smallest absolute Gasteiger partial charge is 0.222 e. The molecule has 3 aromatic heterocycles. The number of thiophene rings is 1. The molecule has 0 unspecified atom stereocenters. The van der Waals surface area contributed by atoms with E-state index in [9.17, 15) is 4.79 Å². The summed E-state index contributed by atoms with van der Waals surface area (Å²) in [6.07, 6.45) is 7.67. The molecule has 4 aromatic rings. The van der Waals surface area contributed by atoms with Crippen LogP contribution in [0, 0.1) is 0 Å². The van der Waals surface area contributed by atoms with Crippen molar-refractivity contribution in [2.45, 2.75) is 37.8 Å². The lowest BCUT2D eigenvalue weighted by atomic mass is 9.91. The van der Waals surface area contributed by atoms with Crippen molar-refractivity contribution in [1.82, 2.24) is 14.9 Å². The Balaban J connectivity index is 1.37. The average molecular weight is 390 g/mol. The number of carbonyl (C=O) groups is 1. The van der Waals surface area contributed by atoms with Gasteiger partial charge in [-0.05, 0) is 65.4 Å². The molecule has 5 rings (SSSR count). The molecule has 2 N–H and O–H groups in total. The van der Waals surface area contributed by atoms with Crippen molar-refractivity contribution in [3.8, 4) is 0 Å². The molecule has 1 aliphatic carbocycles. The van der Waals surface area contributed by atoms with E-state index in [2.05, 4.69) is 56.0 Å².